The van der Waals surface area contributed by atoms with E-state index in [0.717, 1.165) is 16.9 Å². The standard InChI is InChI=1S/C28H25N3O4S/c1-2-14-31-27(18-35-24-11-7-6-10-22(24)20-8-4-3-5-9-20)29-30-28(31)36-19-23(32)21-12-13-25-26(17-21)34-16-15-33-25/h2-13,17H,1,14-16,18-19H2. The number of rotatable bonds is 10. The summed E-state index contributed by atoms with van der Waals surface area (Å²) in [6.07, 6.45) is 1.78. The zero-order chi connectivity index (χ0) is 24.7. The number of Topliss-reactive ketones (excluding diaryl/α,β-unsaturated/α-hetero) is 1. The van der Waals surface area contributed by atoms with Gasteiger partial charge in [0.1, 0.15) is 25.6 Å². The van der Waals surface area contributed by atoms with Gasteiger partial charge in [0.05, 0.1) is 5.75 Å². The van der Waals surface area contributed by atoms with E-state index in [2.05, 4.69) is 28.9 Å². The number of ketones is 1. The first kappa shape index (κ1) is 23.7. The van der Waals surface area contributed by atoms with Crippen molar-refractivity contribution in [2.75, 3.05) is 19.0 Å². The molecule has 36 heavy (non-hydrogen) atoms. The van der Waals surface area contributed by atoms with Crippen LogP contribution in [0, 0.1) is 0 Å². The van der Waals surface area contributed by atoms with Crippen LogP contribution in [0.1, 0.15) is 16.2 Å². The molecule has 0 N–H and O–H groups in total. The average Bonchev–Trinajstić information content (AvgIpc) is 3.32. The van der Waals surface area contributed by atoms with Gasteiger partial charge in [-0.25, -0.2) is 0 Å². The Kier molecular flexibility index (Phi) is 7.33. The van der Waals surface area contributed by atoms with Gasteiger partial charge in [0.25, 0.3) is 0 Å². The summed E-state index contributed by atoms with van der Waals surface area (Å²) in [5.41, 5.74) is 2.66. The lowest BCUT2D eigenvalue weighted by Gasteiger charge is -2.18. The first-order valence-electron chi connectivity index (χ1n) is 11.6. The minimum Gasteiger partial charge on any atom is -0.486 e. The number of fused-ring (bicyclic) bond motifs is 1. The van der Waals surface area contributed by atoms with E-state index in [0.29, 0.717) is 47.8 Å². The van der Waals surface area contributed by atoms with E-state index in [4.69, 9.17) is 14.2 Å². The van der Waals surface area contributed by atoms with Crippen LogP contribution in [0.4, 0.5) is 0 Å². The molecule has 2 heterocycles. The van der Waals surface area contributed by atoms with Crippen molar-refractivity contribution in [3.63, 3.8) is 0 Å². The van der Waals surface area contributed by atoms with Crippen molar-refractivity contribution in [2.45, 2.75) is 18.3 Å². The highest BCUT2D eigenvalue weighted by atomic mass is 32.2. The Labute approximate surface area is 213 Å². The third-order valence-electron chi connectivity index (χ3n) is 5.63. The average molecular weight is 500 g/mol. The van der Waals surface area contributed by atoms with Crippen LogP contribution in [-0.2, 0) is 13.2 Å². The molecule has 5 rings (SSSR count). The molecule has 7 nitrogen and oxygen atoms in total. The summed E-state index contributed by atoms with van der Waals surface area (Å²) in [5, 5.41) is 9.28. The Balaban J connectivity index is 1.28. The summed E-state index contributed by atoms with van der Waals surface area (Å²) in [5.74, 6) is 2.87. The molecule has 1 aliphatic rings. The molecule has 0 radical (unpaired) electrons. The Morgan fingerprint density at radius 1 is 1.00 bits per heavy atom. The van der Waals surface area contributed by atoms with Crippen LogP contribution in [0.2, 0.25) is 0 Å². The molecule has 1 aromatic heterocycles. The lowest BCUT2D eigenvalue weighted by molar-refractivity contribution is 0.102. The van der Waals surface area contributed by atoms with Gasteiger partial charge in [0.2, 0.25) is 0 Å². The minimum atomic E-state index is -0.0280. The molecule has 0 bridgehead atoms. The highest BCUT2D eigenvalue weighted by Crippen LogP contribution is 2.32. The third kappa shape index (κ3) is 5.28. The van der Waals surface area contributed by atoms with Crippen molar-refractivity contribution in [3.05, 3.63) is 96.8 Å². The molecule has 0 fully saturated rings. The second kappa shape index (κ2) is 11.1. The zero-order valence-corrected chi connectivity index (χ0v) is 20.4. The molecular formula is C28H25N3O4S. The zero-order valence-electron chi connectivity index (χ0n) is 19.6. The van der Waals surface area contributed by atoms with E-state index >= 15 is 0 Å². The van der Waals surface area contributed by atoms with E-state index in [1.807, 2.05) is 47.0 Å². The highest BCUT2D eigenvalue weighted by molar-refractivity contribution is 7.99. The summed E-state index contributed by atoms with van der Waals surface area (Å²) < 4.78 is 19.2. The van der Waals surface area contributed by atoms with E-state index in [1.54, 1.807) is 24.3 Å². The van der Waals surface area contributed by atoms with Crippen molar-refractivity contribution in [2.24, 2.45) is 0 Å². The molecule has 3 aromatic carbocycles. The molecule has 4 aromatic rings. The Morgan fingerprint density at radius 2 is 1.78 bits per heavy atom. The highest BCUT2D eigenvalue weighted by Gasteiger charge is 2.18. The summed E-state index contributed by atoms with van der Waals surface area (Å²) in [6, 6.07) is 23.3. The molecule has 0 saturated carbocycles. The van der Waals surface area contributed by atoms with Crippen LogP contribution in [0.5, 0.6) is 17.2 Å². The van der Waals surface area contributed by atoms with Crippen LogP contribution in [0.15, 0.2) is 90.6 Å². The van der Waals surface area contributed by atoms with Crippen LogP contribution < -0.4 is 14.2 Å². The number of benzene rings is 3. The van der Waals surface area contributed by atoms with Gasteiger partial charge >= 0.3 is 0 Å². The number of ether oxygens (including phenoxy) is 3. The number of hydrogen-bond acceptors (Lipinski definition) is 7. The van der Waals surface area contributed by atoms with Gasteiger partial charge in [-0.05, 0) is 29.8 Å². The number of para-hydroxylation sites is 1. The number of carbonyl (C=O) groups is 1. The number of nitrogens with zero attached hydrogens (tertiary/aromatic N) is 3. The van der Waals surface area contributed by atoms with Gasteiger partial charge in [-0.2, -0.15) is 0 Å². The summed E-state index contributed by atoms with van der Waals surface area (Å²) in [4.78, 5) is 12.8. The molecule has 0 atom stereocenters. The van der Waals surface area contributed by atoms with Gasteiger partial charge in [-0.3, -0.25) is 9.36 Å². The number of allylic oxidation sites excluding steroid dienone is 1. The third-order valence-corrected chi connectivity index (χ3v) is 6.60. The number of thioether (sulfide) groups is 1. The lowest BCUT2D eigenvalue weighted by atomic mass is 10.1. The first-order valence-corrected chi connectivity index (χ1v) is 12.6. The Hall–Kier alpha value is -4.04. The van der Waals surface area contributed by atoms with Crippen LogP contribution in [-0.4, -0.2) is 39.5 Å². The first-order chi connectivity index (χ1) is 17.7. The van der Waals surface area contributed by atoms with Crippen molar-refractivity contribution in [1.82, 2.24) is 14.8 Å². The topological polar surface area (TPSA) is 75.5 Å². The molecule has 0 unspecified atom stereocenters. The second-order valence-electron chi connectivity index (χ2n) is 8.02. The molecule has 1 aliphatic heterocycles. The smallest absolute Gasteiger partial charge is 0.192 e. The van der Waals surface area contributed by atoms with Crippen molar-refractivity contribution >= 4 is 17.5 Å². The normalized spacial score (nSPS) is 12.2. The van der Waals surface area contributed by atoms with Gasteiger partial charge < -0.3 is 14.2 Å². The maximum absolute atomic E-state index is 12.8. The van der Waals surface area contributed by atoms with Crippen molar-refractivity contribution < 1.29 is 19.0 Å². The number of hydrogen-bond donors (Lipinski definition) is 0. The quantitative estimate of drug-likeness (QED) is 0.163. The van der Waals surface area contributed by atoms with Gasteiger partial charge in [-0.15, -0.1) is 16.8 Å². The molecule has 8 heteroatoms. The van der Waals surface area contributed by atoms with Gasteiger partial charge in [-0.1, -0.05) is 66.4 Å². The lowest BCUT2D eigenvalue weighted by Crippen LogP contribution is -2.16. The minimum absolute atomic E-state index is 0.0280. The number of carbonyl (C=O) groups excluding carboxylic acids is 1. The molecular weight excluding hydrogens is 474 g/mol. The summed E-state index contributed by atoms with van der Waals surface area (Å²) in [6.45, 7) is 5.59. The van der Waals surface area contributed by atoms with Gasteiger partial charge in [0, 0.05) is 17.7 Å². The Morgan fingerprint density at radius 3 is 2.61 bits per heavy atom. The van der Waals surface area contributed by atoms with Gasteiger partial charge in [0.15, 0.2) is 28.3 Å². The predicted molar refractivity (Wildman–Crippen MR) is 139 cm³/mol. The fourth-order valence-corrected chi connectivity index (χ4v) is 4.73. The predicted octanol–water partition coefficient (Wildman–Crippen LogP) is 5.46. The van der Waals surface area contributed by atoms with E-state index in [9.17, 15) is 4.79 Å². The van der Waals surface area contributed by atoms with Crippen molar-refractivity contribution in [3.8, 4) is 28.4 Å². The molecule has 0 aliphatic carbocycles. The van der Waals surface area contributed by atoms with Crippen LogP contribution in [0.3, 0.4) is 0 Å². The molecule has 0 amide bonds. The fraction of sp³-hybridized carbons (Fsp3) is 0.179. The fourth-order valence-electron chi connectivity index (χ4n) is 3.87. The van der Waals surface area contributed by atoms with E-state index in [-0.39, 0.29) is 18.1 Å². The second-order valence-corrected chi connectivity index (χ2v) is 8.96. The molecule has 0 spiro atoms. The monoisotopic (exact) mass is 499 g/mol. The summed E-state index contributed by atoms with van der Waals surface area (Å²) in [7, 11) is 0. The maximum atomic E-state index is 12.8. The molecule has 0 saturated heterocycles. The van der Waals surface area contributed by atoms with E-state index in [1.165, 1.54) is 11.8 Å². The van der Waals surface area contributed by atoms with Crippen LogP contribution >= 0.6 is 11.8 Å². The number of aromatic nitrogens is 3. The summed E-state index contributed by atoms with van der Waals surface area (Å²) >= 11 is 1.33. The van der Waals surface area contributed by atoms with Crippen molar-refractivity contribution in [1.29, 1.82) is 0 Å². The SMILES string of the molecule is C=CCn1c(COc2ccccc2-c2ccccc2)nnc1SCC(=O)c1ccc2c(c1)OCCO2. The largest absolute Gasteiger partial charge is 0.486 e. The molecule has 182 valence electrons. The maximum Gasteiger partial charge on any atom is 0.192 e. The van der Waals surface area contributed by atoms with E-state index < -0.39 is 0 Å². The van der Waals surface area contributed by atoms with Crippen LogP contribution in [0.25, 0.3) is 11.1 Å². The Bertz CT molecular complexity index is 1370.